The number of allylic oxidation sites excluding steroid dienone is 2. The van der Waals surface area contributed by atoms with Crippen molar-refractivity contribution >= 4 is 6.08 Å². The molecule has 0 fully saturated rings. The molecule has 19 heavy (non-hydrogen) atoms. The van der Waals surface area contributed by atoms with Gasteiger partial charge in [0, 0.05) is 0 Å². The first-order valence-corrected chi connectivity index (χ1v) is 6.62. The fourth-order valence-electron chi connectivity index (χ4n) is 1.73. The highest BCUT2D eigenvalue weighted by atomic mass is 16.5. The number of ether oxygens (including phenoxy) is 1. The van der Waals surface area contributed by atoms with E-state index in [0.29, 0.717) is 0 Å². The Morgan fingerprint density at radius 2 is 1.89 bits per heavy atom. The van der Waals surface area contributed by atoms with Gasteiger partial charge >= 0.3 is 0 Å². The van der Waals surface area contributed by atoms with Crippen LogP contribution in [0.15, 0.2) is 42.0 Å². The highest BCUT2D eigenvalue weighted by Gasteiger charge is 2.14. The average Bonchev–Trinajstić information content (AvgIpc) is 2.36. The first-order chi connectivity index (χ1) is 8.93. The average molecular weight is 260 g/mol. The lowest BCUT2D eigenvalue weighted by atomic mass is 9.98. The molecule has 0 bridgehead atoms. The van der Waals surface area contributed by atoms with Gasteiger partial charge < -0.3 is 9.84 Å². The molecular weight excluding hydrogens is 236 g/mol. The third-order valence-electron chi connectivity index (χ3n) is 2.95. The molecule has 0 unspecified atom stereocenters. The van der Waals surface area contributed by atoms with Gasteiger partial charge in [0.2, 0.25) is 0 Å². The van der Waals surface area contributed by atoms with Gasteiger partial charge in [-0.1, -0.05) is 35.9 Å². The molecular formula is C17H24O2. The second-order valence-electron chi connectivity index (χ2n) is 5.28. The number of hydrogen-bond donors (Lipinski definition) is 1. The molecule has 0 saturated heterocycles. The quantitative estimate of drug-likeness (QED) is 0.776. The van der Waals surface area contributed by atoms with Crippen molar-refractivity contribution in [3.8, 4) is 5.75 Å². The highest BCUT2D eigenvalue weighted by Crippen LogP contribution is 2.18. The van der Waals surface area contributed by atoms with Crippen molar-refractivity contribution in [3.05, 3.63) is 47.6 Å². The molecule has 0 aliphatic rings. The Morgan fingerprint density at radius 1 is 1.26 bits per heavy atom. The molecule has 0 aliphatic heterocycles. The zero-order valence-corrected chi connectivity index (χ0v) is 12.3. The second-order valence-corrected chi connectivity index (χ2v) is 5.28. The number of hydrogen-bond acceptors (Lipinski definition) is 2. The van der Waals surface area contributed by atoms with E-state index in [1.54, 1.807) is 7.11 Å². The Kier molecular flexibility index (Phi) is 5.84. The molecule has 2 heteroatoms. The molecule has 1 atom stereocenters. The Labute approximate surface area is 116 Å². The van der Waals surface area contributed by atoms with E-state index in [1.165, 1.54) is 5.57 Å². The number of rotatable bonds is 6. The first kappa shape index (κ1) is 15.5. The minimum absolute atomic E-state index is 0.727. The maximum absolute atomic E-state index is 10.2. The van der Waals surface area contributed by atoms with Gasteiger partial charge in [0.1, 0.15) is 5.75 Å². The molecule has 0 radical (unpaired) electrons. The van der Waals surface area contributed by atoms with Gasteiger partial charge in [0.25, 0.3) is 0 Å². The summed E-state index contributed by atoms with van der Waals surface area (Å²) in [5.74, 6) is 0.840. The first-order valence-electron chi connectivity index (χ1n) is 6.62. The minimum Gasteiger partial charge on any atom is -0.497 e. The predicted octanol–water partition coefficient (Wildman–Crippen LogP) is 4.21. The van der Waals surface area contributed by atoms with E-state index in [-0.39, 0.29) is 0 Å². The predicted molar refractivity (Wildman–Crippen MR) is 81.3 cm³/mol. The normalized spacial score (nSPS) is 14.2. The van der Waals surface area contributed by atoms with E-state index in [9.17, 15) is 5.11 Å². The molecule has 0 saturated carbocycles. The van der Waals surface area contributed by atoms with Crippen LogP contribution in [0.25, 0.3) is 6.08 Å². The van der Waals surface area contributed by atoms with Crippen LogP contribution >= 0.6 is 0 Å². The van der Waals surface area contributed by atoms with Gasteiger partial charge in [0.15, 0.2) is 0 Å². The number of benzene rings is 1. The van der Waals surface area contributed by atoms with E-state index in [1.807, 2.05) is 43.3 Å². The van der Waals surface area contributed by atoms with E-state index >= 15 is 0 Å². The lowest BCUT2D eigenvalue weighted by Gasteiger charge is -2.17. The van der Waals surface area contributed by atoms with Crippen LogP contribution < -0.4 is 4.74 Å². The van der Waals surface area contributed by atoms with Gasteiger partial charge in [-0.15, -0.1) is 0 Å². The monoisotopic (exact) mass is 260 g/mol. The van der Waals surface area contributed by atoms with E-state index in [4.69, 9.17) is 4.74 Å². The Morgan fingerprint density at radius 3 is 2.42 bits per heavy atom. The van der Waals surface area contributed by atoms with Crippen LogP contribution in [0.2, 0.25) is 0 Å². The molecule has 1 N–H and O–H groups in total. The number of methoxy groups -OCH3 is 1. The van der Waals surface area contributed by atoms with Crippen molar-refractivity contribution in [1.82, 2.24) is 0 Å². The fourth-order valence-corrected chi connectivity index (χ4v) is 1.73. The zero-order chi connectivity index (χ0) is 14.3. The standard InChI is InChI=1S/C17H24O2/c1-14(2)6-5-12-17(3,18)13-11-15-7-9-16(19-4)10-8-15/h6-11,13,18H,5,12H2,1-4H3/b13-11+/t17-/m1/s1. The molecule has 0 spiro atoms. The number of aliphatic hydroxyl groups is 1. The molecule has 2 nitrogen and oxygen atoms in total. The van der Waals surface area contributed by atoms with Crippen LogP contribution in [0, 0.1) is 0 Å². The van der Waals surface area contributed by atoms with Crippen LogP contribution in [0.1, 0.15) is 39.2 Å². The Hall–Kier alpha value is -1.54. The highest BCUT2D eigenvalue weighted by molar-refractivity contribution is 5.51. The molecule has 1 aromatic carbocycles. The lowest BCUT2D eigenvalue weighted by molar-refractivity contribution is 0.104. The largest absolute Gasteiger partial charge is 0.497 e. The second kappa shape index (κ2) is 7.15. The van der Waals surface area contributed by atoms with E-state index < -0.39 is 5.60 Å². The fraction of sp³-hybridized carbons (Fsp3) is 0.412. The molecule has 104 valence electrons. The molecule has 1 rings (SSSR count). The summed E-state index contributed by atoms with van der Waals surface area (Å²) >= 11 is 0. The van der Waals surface area contributed by atoms with Crippen molar-refractivity contribution in [2.75, 3.05) is 7.11 Å². The van der Waals surface area contributed by atoms with Gasteiger partial charge in [0.05, 0.1) is 12.7 Å². The summed E-state index contributed by atoms with van der Waals surface area (Å²) < 4.78 is 5.11. The molecule has 0 aromatic heterocycles. The summed E-state index contributed by atoms with van der Waals surface area (Å²) in [5.41, 5.74) is 1.57. The third kappa shape index (κ3) is 6.25. The minimum atomic E-state index is -0.772. The van der Waals surface area contributed by atoms with Crippen LogP contribution in [0.5, 0.6) is 5.75 Å². The van der Waals surface area contributed by atoms with E-state index in [2.05, 4.69) is 19.9 Å². The Balaban J connectivity index is 2.59. The lowest BCUT2D eigenvalue weighted by Crippen LogP contribution is -2.19. The molecule has 1 aromatic rings. The topological polar surface area (TPSA) is 29.5 Å². The smallest absolute Gasteiger partial charge is 0.118 e. The van der Waals surface area contributed by atoms with Gasteiger partial charge in [-0.05, 0) is 51.3 Å². The molecule has 0 amide bonds. The summed E-state index contributed by atoms with van der Waals surface area (Å²) in [7, 11) is 1.65. The Bertz CT molecular complexity index is 435. The van der Waals surface area contributed by atoms with Crippen molar-refractivity contribution in [1.29, 1.82) is 0 Å². The van der Waals surface area contributed by atoms with Gasteiger partial charge in [-0.2, -0.15) is 0 Å². The molecule has 0 aliphatic carbocycles. The van der Waals surface area contributed by atoms with Crippen molar-refractivity contribution in [3.63, 3.8) is 0 Å². The summed E-state index contributed by atoms with van der Waals surface area (Å²) in [4.78, 5) is 0. The van der Waals surface area contributed by atoms with Crippen molar-refractivity contribution in [2.24, 2.45) is 0 Å². The summed E-state index contributed by atoms with van der Waals surface area (Å²) in [6.45, 7) is 5.98. The van der Waals surface area contributed by atoms with Crippen molar-refractivity contribution in [2.45, 2.75) is 39.2 Å². The summed E-state index contributed by atoms with van der Waals surface area (Å²) in [6.07, 6.45) is 7.57. The van der Waals surface area contributed by atoms with Crippen LogP contribution in [0.4, 0.5) is 0 Å². The van der Waals surface area contributed by atoms with Gasteiger partial charge in [-0.3, -0.25) is 0 Å². The summed E-state index contributed by atoms with van der Waals surface area (Å²) in [5, 5.41) is 10.2. The maximum atomic E-state index is 10.2. The third-order valence-corrected chi connectivity index (χ3v) is 2.95. The van der Waals surface area contributed by atoms with Crippen LogP contribution in [0.3, 0.4) is 0 Å². The van der Waals surface area contributed by atoms with Crippen LogP contribution in [-0.2, 0) is 0 Å². The molecule has 0 heterocycles. The maximum Gasteiger partial charge on any atom is 0.118 e. The summed E-state index contributed by atoms with van der Waals surface area (Å²) in [6, 6.07) is 7.78. The van der Waals surface area contributed by atoms with Crippen molar-refractivity contribution < 1.29 is 9.84 Å². The SMILES string of the molecule is COc1ccc(/C=C/[C@](C)(O)CCC=C(C)C)cc1. The van der Waals surface area contributed by atoms with E-state index in [0.717, 1.165) is 24.2 Å². The van der Waals surface area contributed by atoms with Gasteiger partial charge in [-0.25, -0.2) is 0 Å². The zero-order valence-electron chi connectivity index (χ0n) is 12.3. The van der Waals surface area contributed by atoms with Crippen LogP contribution in [-0.4, -0.2) is 17.8 Å².